The van der Waals surface area contributed by atoms with E-state index in [1.807, 2.05) is 0 Å². The highest BCUT2D eigenvalue weighted by Crippen LogP contribution is 2.21. The molecule has 0 bridgehead atoms. The number of hydrogen-bond donors (Lipinski definition) is 2. The predicted octanol–water partition coefficient (Wildman–Crippen LogP) is 3.24. The monoisotopic (exact) mass is 313 g/mol. The molecule has 0 aliphatic rings. The lowest BCUT2D eigenvalue weighted by Crippen LogP contribution is -2.34. The highest BCUT2D eigenvalue weighted by Gasteiger charge is 2.18. The first-order chi connectivity index (χ1) is 8.35. The number of halogens is 1. The molecule has 4 heteroatoms. The van der Waals surface area contributed by atoms with Crippen LogP contribution in [0.3, 0.4) is 0 Å². The van der Waals surface area contributed by atoms with Crippen LogP contribution in [0.4, 0.5) is 0 Å². The van der Waals surface area contributed by atoms with Crippen LogP contribution >= 0.6 is 15.9 Å². The summed E-state index contributed by atoms with van der Waals surface area (Å²) in [7, 11) is 0. The van der Waals surface area contributed by atoms with Gasteiger partial charge in [0, 0.05) is 17.4 Å². The van der Waals surface area contributed by atoms with E-state index in [-0.39, 0.29) is 17.1 Å². The van der Waals surface area contributed by atoms with Gasteiger partial charge in [-0.05, 0) is 36.5 Å². The molecule has 0 aliphatic heterocycles. The van der Waals surface area contributed by atoms with Crippen molar-refractivity contribution in [3.05, 3.63) is 29.3 Å². The molecule has 2 N–H and O–H groups in total. The molecule has 100 valence electrons. The second kappa shape index (κ2) is 6.23. The molecular formula is C14H20BrNO2. The third kappa shape index (κ3) is 4.33. The largest absolute Gasteiger partial charge is 0.508 e. The average Bonchev–Trinajstić information content (AvgIpc) is 2.30. The number of hydrogen-bond acceptors (Lipinski definition) is 2. The summed E-state index contributed by atoms with van der Waals surface area (Å²) in [5.74, 6) is 0.00955. The van der Waals surface area contributed by atoms with Crippen molar-refractivity contribution in [1.29, 1.82) is 0 Å². The summed E-state index contributed by atoms with van der Waals surface area (Å²) in [4.78, 5) is 11.9. The fourth-order valence-corrected chi connectivity index (χ4v) is 2.59. The molecule has 0 saturated carbocycles. The molecule has 3 nitrogen and oxygen atoms in total. The van der Waals surface area contributed by atoms with E-state index >= 15 is 0 Å². The van der Waals surface area contributed by atoms with Crippen LogP contribution in [0.2, 0.25) is 0 Å². The number of carbonyl (C=O) groups is 1. The summed E-state index contributed by atoms with van der Waals surface area (Å²) in [5, 5.41) is 13.4. The number of carbonyl (C=O) groups excluding carboxylic acids is 1. The molecule has 0 saturated heterocycles. The van der Waals surface area contributed by atoms with E-state index in [2.05, 4.69) is 35.1 Å². The van der Waals surface area contributed by atoms with Gasteiger partial charge in [0.2, 0.25) is 0 Å². The van der Waals surface area contributed by atoms with Gasteiger partial charge < -0.3 is 10.4 Å². The minimum atomic E-state index is -0.145. The zero-order valence-corrected chi connectivity index (χ0v) is 12.7. The van der Waals surface area contributed by atoms with Crippen LogP contribution in [-0.4, -0.2) is 22.9 Å². The molecule has 0 spiro atoms. The van der Waals surface area contributed by atoms with Crippen LogP contribution < -0.4 is 5.32 Å². The van der Waals surface area contributed by atoms with Gasteiger partial charge in [0.25, 0.3) is 5.91 Å². The minimum absolute atomic E-state index is 0.0614. The fraction of sp³-hybridized carbons (Fsp3) is 0.500. The molecule has 18 heavy (non-hydrogen) atoms. The van der Waals surface area contributed by atoms with Crippen molar-refractivity contribution in [3.8, 4) is 5.75 Å². The molecule has 0 aromatic heterocycles. The molecule has 0 aliphatic carbocycles. The number of amides is 1. The van der Waals surface area contributed by atoms with E-state index < -0.39 is 0 Å². The Morgan fingerprint density at radius 2 is 2.11 bits per heavy atom. The highest BCUT2D eigenvalue weighted by molar-refractivity contribution is 9.09. The van der Waals surface area contributed by atoms with Crippen LogP contribution in [0.25, 0.3) is 0 Å². The summed E-state index contributed by atoms with van der Waals surface area (Å²) in [6.07, 6.45) is 0.992. The lowest BCUT2D eigenvalue weighted by molar-refractivity contribution is 0.0935. The molecule has 0 fully saturated rings. The second-order valence-corrected chi connectivity index (χ2v) is 6.08. The van der Waals surface area contributed by atoms with E-state index in [1.54, 1.807) is 19.1 Å². The van der Waals surface area contributed by atoms with E-state index in [9.17, 15) is 9.90 Å². The van der Waals surface area contributed by atoms with Crippen LogP contribution in [0.15, 0.2) is 18.2 Å². The van der Waals surface area contributed by atoms with E-state index in [0.717, 1.165) is 17.3 Å². The van der Waals surface area contributed by atoms with Crippen molar-refractivity contribution in [2.75, 3.05) is 11.9 Å². The first-order valence-corrected chi connectivity index (χ1v) is 7.12. The van der Waals surface area contributed by atoms with Crippen molar-refractivity contribution in [2.24, 2.45) is 5.41 Å². The van der Waals surface area contributed by atoms with Gasteiger partial charge in [0.05, 0.1) is 0 Å². The Bertz CT molecular complexity index is 430. The lowest BCUT2D eigenvalue weighted by Gasteiger charge is -2.23. The third-order valence-corrected chi connectivity index (χ3v) is 3.37. The zero-order valence-electron chi connectivity index (χ0n) is 11.1. The third-order valence-electron chi connectivity index (χ3n) is 2.97. The van der Waals surface area contributed by atoms with E-state index in [4.69, 9.17) is 0 Å². The van der Waals surface area contributed by atoms with Crippen molar-refractivity contribution in [2.45, 2.75) is 27.2 Å². The first-order valence-electron chi connectivity index (χ1n) is 5.99. The van der Waals surface area contributed by atoms with Gasteiger partial charge in [-0.2, -0.15) is 0 Å². The number of phenolic OH excluding ortho intramolecular Hbond substituents is 1. The molecule has 1 amide bonds. The number of nitrogens with one attached hydrogen (secondary N) is 1. The number of rotatable bonds is 5. The maximum absolute atomic E-state index is 11.9. The topological polar surface area (TPSA) is 49.3 Å². The average molecular weight is 314 g/mol. The van der Waals surface area contributed by atoms with Gasteiger partial charge in [-0.15, -0.1) is 0 Å². The molecule has 1 aromatic rings. The van der Waals surface area contributed by atoms with Crippen LogP contribution in [0, 0.1) is 12.3 Å². The standard InChI is InChI=1S/C14H20BrNO2/c1-10-4-5-11(8-12(10)17)13(18)16-9-14(2,3)6-7-15/h4-5,8,17H,6-7,9H2,1-3H3,(H,16,18). The number of alkyl halides is 1. The Morgan fingerprint density at radius 1 is 1.44 bits per heavy atom. The SMILES string of the molecule is Cc1ccc(C(=O)NCC(C)(C)CCBr)cc1O. The van der Waals surface area contributed by atoms with Crippen molar-refractivity contribution >= 4 is 21.8 Å². The highest BCUT2D eigenvalue weighted by atomic mass is 79.9. The Labute approximate surface area is 117 Å². The zero-order chi connectivity index (χ0) is 13.8. The Kier molecular flexibility index (Phi) is 5.20. The van der Waals surface area contributed by atoms with Crippen LogP contribution in [0.5, 0.6) is 5.75 Å². The maximum Gasteiger partial charge on any atom is 0.251 e. The summed E-state index contributed by atoms with van der Waals surface area (Å²) in [6.45, 7) is 6.64. The smallest absolute Gasteiger partial charge is 0.251 e. The first kappa shape index (κ1) is 15.0. The fourth-order valence-electron chi connectivity index (χ4n) is 1.52. The van der Waals surface area contributed by atoms with Crippen molar-refractivity contribution in [1.82, 2.24) is 5.32 Å². The van der Waals surface area contributed by atoms with Gasteiger partial charge in [-0.25, -0.2) is 0 Å². The Balaban J connectivity index is 2.63. The van der Waals surface area contributed by atoms with Crippen molar-refractivity contribution < 1.29 is 9.90 Å². The Morgan fingerprint density at radius 3 is 2.67 bits per heavy atom. The molecular weight excluding hydrogens is 294 g/mol. The van der Waals surface area contributed by atoms with E-state index in [1.165, 1.54) is 6.07 Å². The molecule has 0 radical (unpaired) electrons. The summed E-state index contributed by atoms with van der Waals surface area (Å²) >= 11 is 3.41. The minimum Gasteiger partial charge on any atom is -0.508 e. The van der Waals surface area contributed by atoms with Gasteiger partial charge in [0.15, 0.2) is 0 Å². The normalized spacial score (nSPS) is 11.3. The lowest BCUT2D eigenvalue weighted by atomic mass is 9.90. The number of aromatic hydroxyl groups is 1. The van der Waals surface area contributed by atoms with Gasteiger partial charge in [-0.1, -0.05) is 35.8 Å². The quantitative estimate of drug-likeness (QED) is 0.820. The molecule has 0 heterocycles. The second-order valence-electron chi connectivity index (χ2n) is 5.29. The van der Waals surface area contributed by atoms with Crippen LogP contribution in [0.1, 0.15) is 36.2 Å². The Hall–Kier alpha value is -1.03. The van der Waals surface area contributed by atoms with Crippen LogP contribution in [-0.2, 0) is 0 Å². The van der Waals surface area contributed by atoms with Crippen molar-refractivity contribution in [3.63, 3.8) is 0 Å². The molecule has 0 unspecified atom stereocenters. The number of phenols is 1. The predicted molar refractivity (Wildman–Crippen MR) is 77.4 cm³/mol. The molecule has 1 aromatic carbocycles. The number of aryl methyl sites for hydroxylation is 1. The van der Waals surface area contributed by atoms with Gasteiger partial charge in [0.1, 0.15) is 5.75 Å². The molecule has 1 rings (SSSR count). The van der Waals surface area contributed by atoms with Gasteiger partial charge in [-0.3, -0.25) is 4.79 Å². The maximum atomic E-state index is 11.9. The van der Waals surface area contributed by atoms with Gasteiger partial charge >= 0.3 is 0 Å². The number of benzene rings is 1. The summed E-state index contributed by atoms with van der Waals surface area (Å²) in [6, 6.07) is 4.97. The molecule has 0 atom stereocenters. The summed E-state index contributed by atoms with van der Waals surface area (Å²) in [5.41, 5.74) is 1.32. The summed E-state index contributed by atoms with van der Waals surface area (Å²) < 4.78 is 0. The van der Waals surface area contributed by atoms with E-state index in [0.29, 0.717) is 12.1 Å².